The number of hydrogen-bond donors (Lipinski definition) is 1. The summed E-state index contributed by atoms with van der Waals surface area (Å²) in [4.78, 5) is 29.6. The Kier molecular flexibility index (Phi) is 3.67. The third kappa shape index (κ3) is 2.65. The lowest BCUT2D eigenvalue weighted by Crippen LogP contribution is -2.41. The number of hydrogen-bond acceptors (Lipinski definition) is 5. The average molecular weight is 292 g/mol. The van der Waals surface area contributed by atoms with Gasteiger partial charge in [-0.15, -0.1) is 0 Å². The molecule has 21 heavy (non-hydrogen) atoms. The van der Waals surface area contributed by atoms with E-state index in [2.05, 4.69) is 15.2 Å². The molecule has 1 fully saturated rings. The predicted molar refractivity (Wildman–Crippen MR) is 74.7 cm³/mol. The molecule has 0 saturated carbocycles. The van der Waals surface area contributed by atoms with E-state index in [4.69, 9.17) is 4.74 Å². The Hall–Kier alpha value is -1.89. The molecule has 1 N–H and O–H groups in total. The topological polar surface area (TPSA) is 76.5 Å². The fraction of sp³-hybridized carbons (Fsp3) is 0.643. The molecule has 0 spiro atoms. The van der Waals surface area contributed by atoms with Gasteiger partial charge in [0.15, 0.2) is 0 Å². The van der Waals surface area contributed by atoms with Crippen LogP contribution in [0.15, 0.2) is 0 Å². The van der Waals surface area contributed by atoms with E-state index in [0.717, 1.165) is 37.3 Å². The minimum absolute atomic E-state index is 0.142. The van der Waals surface area contributed by atoms with Crippen molar-refractivity contribution in [3.05, 3.63) is 17.2 Å². The molecule has 114 valence electrons. The smallest absolute Gasteiger partial charge is 0.374 e. The number of nitrogens with zero attached hydrogens (tertiary/aromatic N) is 3. The Bertz CT molecular complexity index is 581. The molecule has 0 aliphatic carbocycles. The molecule has 0 aromatic carbocycles. The first-order valence-corrected chi connectivity index (χ1v) is 7.23. The maximum Gasteiger partial charge on any atom is 0.374 e. The average Bonchev–Trinajstić information content (AvgIpc) is 3.02. The second kappa shape index (κ2) is 5.48. The highest BCUT2D eigenvalue weighted by Crippen LogP contribution is 2.21. The van der Waals surface area contributed by atoms with Crippen LogP contribution in [0.3, 0.4) is 0 Å². The van der Waals surface area contributed by atoms with E-state index < -0.39 is 5.97 Å². The predicted octanol–water partition coefficient (Wildman–Crippen LogP) is -0.157. The van der Waals surface area contributed by atoms with E-state index in [0.29, 0.717) is 18.8 Å². The molecule has 3 rings (SSSR count). The molecule has 7 nitrogen and oxygen atoms in total. The standard InChI is InChI=1S/C14H20N4O3/c1-17-11-5-6-18(7-9-3-4-12(19)15-9)8-10(11)16-13(17)14(20)21-2/h9H,3-8H2,1-2H3,(H,15,19)/t9-/m0/s1. The van der Waals surface area contributed by atoms with Crippen molar-refractivity contribution >= 4 is 11.9 Å². The molecule has 1 atom stereocenters. The summed E-state index contributed by atoms with van der Waals surface area (Å²) in [7, 11) is 3.22. The van der Waals surface area contributed by atoms with Gasteiger partial charge in [-0.05, 0) is 6.42 Å². The molecule has 3 heterocycles. The zero-order chi connectivity index (χ0) is 15.0. The van der Waals surface area contributed by atoms with Gasteiger partial charge in [-0.3, -0.25) is 9.69 Å². The van der Waals surface area contributed by atoms with Gasteiger partial charge >= 0.3 is 5.97 Å². The molecular formula is C14H20N4O3. The first-order chi connectivity index (χ1) is 10.1. The number of esters is 1. The summed E-state index contributed by atoms with van der Waals surface area (Å²) in [6.45, 7) is 2.47. The van der Waals surface area contributed by atoms with Crippen molar-refractivity contribution in [2.24, 2.45) is 7.05 Å². The van der Waals surface area contributed by atoms with Crippen LogP contribution in [0.1, 0.15) is 34.8 Å². The van der Waals surface area contributed by atoms with Gasteiger partial charge in [-0.25, -0.2) is 9.78 Å². The van der Waals surface area contributed by atoms with Gasteiger partial charge in [-0.1, -0.05) is 0 Å². The zero-order valence-electron chi connectivity index (χ0n) is 12.4. The van der Waals surface area contributed by atoms with Crippen molar-refractivity contribution in [3.63, 3.8) is 0 Å². The number of ether oxygens (including phenoxy) is 1. The highest BCUT2D eigenvalue weighted by molar-refractivity contribution is 5.85. The maximum absolute atomic E-state index is 11.7. The Labute approximate surface area is 123 Å². The highest BCUT2D eigenvalue weighted by atomic mass is 16.5. The third-order valence-electron chi connectivity index (χ3n) is 4.27. The third-order valence-corrected chi connectivity index (χ3v) is 4.27. The Balaban J connectivity index is 1.70. The van der Waals surface area contributed by atoms with E-state index in [1.165, 1.54) is 7.11 Å². The number of imidazole rings is 1. The van der Waals surface area contributed by atoms with Crippen molar-refractivity contribution in [1.82, 2.24) is 19.8 Å². The highest BCUT2D eigenvalue weighted by Gasteiger charge is 2.28. The molecule has 0 radical (unpaired) electrons. The minimum atomic E-state index is -0.401. The Morgan fingerprint density at radius 2 is 2.29 bits per heavy atom. The summed E-state index contributed by atoms with van der Waals surface area (Å²) < 4.78 is 6.59. The van der Waals surface area contributed by atoms with Crippen molar-refractivity contribution < 1.29 is 14.3 Å². The van der Waals surface area contributed by atoms with Crippen LogP contribution in [0.4, 0.5) is 0 Å². The second-order valence-electron chi connectivity index (χ2n) is 5.67. The number of amides is 1. The minimum Gasteiger partial charge on any atom is -0.463 e. The number of rotatable bonds is 3. The monoisotopic (exact) mass is 292 g/mol. The van der Waals surface area contributed by atoms with Crippen molar-refractivity contribution in [2.75, 3.05) is 20.2 Å². The van der Waals surface area contributed by atoms with Gasteiger partial charge in [-0.2, -0.15) is 0 Å². The summed E-state index contributed by atoms with van der Waals surface area (Å²) in [6, 6.07) is 0.239. The Morgan fingerprint density at radius 3 is 2.95 bits per heavy atom. The van der Waals surface area contributed by atoms with Gasteiger partial charge in [0, 0.05) is 51.3 Å². The normalized spacial score (nSPS) is 22.0. The molecule has 2 aliphatic rings. The summed E-state index contributed by atoms with van der Waals surface area (Å²) in [6.07, 6.45) is 2.38. The summed E-state index contributed by atoms with van der Waals surface area (Å²) in [5, 5.41) is 2.99. The van der Waals surface area contributed by atoms with Crippen LogP contribution in [0.25, 0.3) is 0 Å². The maximum atomic E-state index is 11.7. The zero-order valence-corrected chi connectivity index (χ0v) is 12.4. The van der Waals surface area contributed by atoms with Crippen molar-refractivity contribution in [1.29, 1.82) is 0 Å². The van der Waals surface area contributed by atoms with Crippen LogP contribution in [0.2, 0.25) is 0 Å². The van der Waals surface area contributed by atoms with E-state index in [1.54, 1.807) is 0 Å². The lowest BCUT2D eigenvalue weighted by molar-refractivity contribution is -0.119. The van der Waals surface area contributed by atoms with E-state index >= 15 is 0 Å². The van der Waals surface area contributed by atoms with E-state index in [1.807, 2.05) is 11.6 Å². The van der Waals surface area contributed by atoms with Crippen LogP contribution in [-0.4, -0.2) is 52.6 Å². The van der Waals surface area contributed by atoms with Crippen LogP contribution >= 0.6 is 0 Å². The van der Waals surface area contributed by atoms with Crippen LogP contribution in [-0.2, 0) is 29.5 Å². The molecule has 7 heteroatoms. The molecule has 0 bridgehead atoms. The van der Waals surface area contributed by atoms with Crippen LogP contribution in [0.5, 0.6) is 0 Å². The molecule has 1 saturated heterocycles. The number of methoxy groups -OCH3 is 1. The summed E-state index contributed by atoms with van der Waals surface area (Å²) >= 11 is 0. The number of nitrogens with one attached hydrogen (secondary N) is 1. The molecule has 1 aromatic rings. The second-order valence-corrected chi connectivity index (χ2v) is 5.67. The quantitative estimate of drug-likeness (QED) is 0.784. The molecular weight excluding hydrogens is 272 g/mol. The molecule has 1 amide bonds. The van der Waals surface area contributed by atoms with Gasteiger partial charge in [0.05, 0.1) is 12.8 Å². The van der Waals surface area contributed by atoms with Gasteiger partial charge in [0.1, 0.15) is 0 Å². The SMILES string of the molecule is COC(=O)c1nc2c(n1C)CCN(C[C@@H]1CCC(=O)N1)C2. The molecule has 0 unspecified atom stereocenters. The largest absolute Gasteiger partial charge is 0.463 e. The number of carbonyl (C=O) groups excluding carboxylic acids is 2. The molecule has 2 aliphatic heterocycles. The van der Waals surface area contributed by atoms with Gasteiger partial charge < -0.3 is 14.6 Å². The first kappa shape index (κ1) is 14.1. The van der Waals surface area contributed by atoms with Gasteiger partial charge in [0.25, 0.3) is 0 Å². The van der Waals surface area contributed by atoms with Crippen LogP contribution < -0.4 is 5.32 Å². The van der Waals surface area contributed by atoms with E-state index in [-0.39, 0.29) is 11.9 Å². The lowest BCUT2D eigenvalue weighted by Gasteiger charge is -2.28. The van der Waals surface area contributed by atoms with Gasteiger partial charge in [0.2, 0.25) is 11.7 Å². The molecule has 1 aromatic heterocycles. The lowest BCUT2D eigenvalue weighted by atomic mass is 10.1. The Morgan fingerprint density at radius 1 is 1.48 bits per heavy atom. The van der Waals surface area contributed by atoms with E-state index in [9.17, 15) is 9.59 Å². The number of fused-ring (bicyclic) bond motifs is 1. The van der Waals surface area contributed by atoms with Crippen molar-refractivity contribution in [3.8, 4) is 0 Å². The first-order valence-electron chi connectivity index (χ1n) is 7.23. The van der Waals surface area contributed by atoms with Crippen LogP contribution in [0, 0.1) is 0 Å². The summed E-state index contributed by atoms with van der Waals surface area (Å²) in [5.74, 6) is 0.100. The number of carbonyl (C=O) groups is 2. The fourth-order valence-corrected chi connectivity index (χ4v) is 3.14. The number of aromatic nitrogens is 2. The summed E-state index contributed by atoms with van der Waals surface area (Å²) in [5.41, 5.74) is 2.04. The van der Waals surface area contributed by atoms with Crippen molar-refractivity contribution in [2.45, 2.75) is 31.8 Å². The fourth-order valence-electron chi connectivity index (χ4n) is 3.14.